The average Bonchev–Trinajstić information content (AvgIpc) is 2.46. The molecule has 0 unspecified atom stereocenters. The van der Waals surface area contributed by atoms with Crippen molar-refractivity contribution in [2.24, 2.45) is 0 Å². The van der Waals surface area contributed by atoms with Crippen LogP contribution in [0.15, 0.2) is 18.2 Å². The van der Waals surface area contributed by atoms with Gasteiger partial charge in [-0.05, 0) is 37.6 Å². The highest BCUT2D eigenvalue weighted by molar-refractivity contribution is 5.94. The molecule has 0 radical (unpaired) electrons. The van der Waals surface area contributed by atoms with Gasteiger partial charge in [-0.3, -0.25) is 4.79 Å². The fraction of sp³-hybridized carbons (Fsp3) is 0.375. The smallest absolute Gasteiger partial charge is 0.253 e. The number of aliphatic hydroxyl groups excluding tert-OH is 1. The van der Waals surface area contributed by atoms with Crippen molar-refractivity contribution in [2.75, 3.05) is 19.7 Å². The van der Waals surface area contributed by atoms with Crippen molar-refractivity contribution in [3.05, 3.63) is 34.9 Å². The van der Waals surface area contributed by atoms with E-state index in [0.29, 0.717) is 25.1 Å². The molecule has 0 atom stereocenters. The Morgan fingerprint density at radius 1 is 1.45 bits per heavy atom. The lowest BCUT2D eigenvalue weighted by atomic mass is 10.0. The maximum atomic E-state index is 12.3. The molecule has 1 aromatic carbocycles. The predicted molar refractivity (Wildman–Crippen MR) is 77.0 cm³/mol. The Balaban J connectivity index is 2.94. The first-order valence-electron chi connectivity index (χ1n) is 6.50. The molecule has 0 spiro atoms. The van der Waals surface area contributed by atoms with Gasteiger partial charge in [0.1, 0.15) is 6.61 Å². The molecule has 1 aromatic rings. The Labute approximate surface area is 119 Å². The number of carbonyl (C=O) groups excluding carboxylic acids is 1. The summed E-state index contributed by atoms with van der Waals surface area (Å²) >= 11 is 0. The van der Waals surface area contributed by atoms with Crippen molar-refractivity contribution >= 4 is 5.91 Å². The number of hydrogen-bond acceptors (Lipinski definition) is 3. The van der Waals surface area contributed by atoms with Crippen LogP contribution in [0.25, 0.3) is 0 Å². The van der Waals surface area contributed by atoms with Crippen molar-refractivity contribution in [3.63, 3.8) is 0 Å². The van der Waals surface area contributed by atoms with E-state index in [-0.39, 0.29) is 12.5 Å². The molecular weight excluding hydrogens is 252 g/mol. The van der Waals surface area contributed by atoms with E-state index in [1.54, 1.807) is 23.1 Å². The summed E-state index contributed by atoms with van der Waals surface area (Å²) in [7, 11) is 0. The molecule has 0 aliphatic carbocycles. The molecular formula is C16H18N2O2. The van der Waals surface area contributed by atoms with Crippen LogP contribution in [-0.2, 0) is 0 Å². The number of hydrogen-bond donors (Lipinski definition) is 1. The molecule has 0 bridgehead atoms. The van der Waals surface area contributed by atoms with Gasteiger partial charge in [0, 0.05) is 24.2 Å². The highest BCUT2D eigenvalue weighted by Gasteiger charge is 2.14. The van der Waals surface area contributed by atoms with Crippen molar-refractivity contribution in [1.82, 2.24) is 4.90 Å². The number of aryl methyl sites for hydroxylation is 1. The van der Waals surface area contributed by atoms with E-state index in [2.05, 4.69) is 11.8 Å². The predicted octanol–water partition coefficient (Wildman–Crippen LogP) is 1.71. The maximum Gasteiger partial charge on any atom is 0.253 e. The minimum atomic E-state index is -0.183. The minimum Gasteiger partial charge on any atom is -0.384 e. The third-order valence-electron chi connectivity index (χ3n) is 2.94. The van der Waals surface area contributed by atoms with Gasteiger partial charge in [0.25, 0.3) is 5.91 Å². The number of rotatable bonds is 4. The number of nitriles is 1. The average molecular weight is 270 g/mol. The Kier molecular flexibility index (Phi) is 6.29. The SMILES string of the molecule is CCN(CCC#N)C(=O)c1ccc(C#CCO)c(C)c1. The molecule has 20 heavy (non-hydrogen) atoms. The van der Waals surface area contributed by atoms with Crippen LogP contribution in [-0.4, -0.2) is 35.6 Å². The second kappa shape index (κ2) is 7.99. The summed E-state index contributed by atoms with van der Waals surface area (Å²) in [6.45, 7) is 4.60. The first kappa shape index (κ1) is 15.8. The van der Waals surface area contributed by atoms with Crippen molar-refractivity contribution < 1.29 is 9.90 Å². The van der Waals surface area contributed by atoms with Gasteiger partial charge < -0.3 is 10.0 Å². The standard InChI is InChI=1S/C16H18N2O2/c1-3-18(10-5-9-17)16(20)15-8-7-14(6-4-11-19)13(2)12-15/h7-8,12,19H,3,5,10-11H2,1-2H3. The lowest BCUT2D eigenvalue weighted by molar-refractivity contribution is 0.0767. The van der Waals surface area contributed by atoms with Crippen LogP contribution in [0.4, 0.5) is 0 Å². The second-order valence-electron chi connectivity index (χ2n) is 4.28. The number of benzene rings is 1. The molecule has 0 aromatic heterocycles. The van der Waals surface area contributed by atoms with Crippen LogP contribution in [0.1, 0.15) is 34.8 Å². The van der Waals surface area contributed by atoms with E-state index in [1.165, 1.54) is 0 Å². The molecule has 104 valence electrons. The van der Waals surface area contributed by atoms with Crippen molar-refractivity contribution in [1.29, 1.82) is 5.26 Å². The second-order valence-corrected chi connectivity index (χ2v) is 4.28. The fourth-order valence-electron chi connectivity index (χ4n) is 1.84. The molecule has 0 saturated heterocycles. The summed E-state index contributed by atoms with van der Waals surface area (Å²) in [6.07, 6.45) is 0.332. The van der Waals surface area contributed by atoms with Gasteiger partial charge in [-0.25, -0.2) is 0 Å². The zero-order valence-corrected chi connectivity index (χ0v) is 11.8. The van der Waals surface area contributed by atoms with Crippen LogP contribution in [0.3, 0.4) is 0 Å². The molecule has 0 aliphatic rings. The fourth-order valence-corrected chi connectivity index (χ4v) is 1.84. The van der Waals surface area contributed by atoms with Gasteiger partial charge in [-0.1, -0.05) is 11.8 Å². The number of amides is 1. The number of carbonyl (C=O) groups is 1. The van der Waals surface area contributed by atoms with E-state index in [9.17, 15) is 4.79 Å². The number of nitrogens with zero attached hydrogens (tertiary/aromatic N) is 2. The molecule has 1 N–H and O–H groups in total. The van der Waals surface area contributed by atoms with Crippen molar-refractivity contribution in [3.8, 4) is 17.9 Å². The van der Waals surface area contributed by atoms with E-state index >= 15 is 0 Å². The molecule has 0 heterocycles. The molecule has 1 amide bonds. The van der Waals surface area contributed by atoms with Gasteiger partial charge in [0.2, 0.25) is 0 Å². The molecule has 1 rings (SSSR count). The zero-order valence-electron chi connectivity index (χ0n) is 11.8. The highest BCUT2D eigenvalue weighted by Crippen LogP contribution is 2.12. The first-order chi connectivity index (χ1) is 9.63. The van der Waals surface area contributed by atoms with Gasteiger partial charge in [0.05, 0.1) is 12.5 Å². The number of aliphatic hydroxyl groups is 1. The van der Waals surface area contributed by atoms with Crippen LogP contribution in [0, 0.1) is 30.1 Å². The molecule has 0 aliphatic heterocycles. The highest BCUT2D eigenvalue weighted by atomic mass is 16.2. The minimum absolute atomic E-state index is 0.0764. The Hall–Kier alpha value is -2.30. The Morgan fingerprint density at radius 3 is 2.75 bits per heavy atom. The quantitative estimate of drug-likeness (QED) is 0.847. The molecule has 0 saturated carbocycles. The topological polar surface area (TPSA) is 64.3 Å². The summed E-state index contributed by atoms with van der Waals surface area (Å²) in [5, 5.41) is 17.3. The van der Waals surface area contributed by atoms with Gasteiger partial charge in [0.15, 0.2) is 0 Å². The zero-order chi connectivity index (χ0) is 15.0. The van der Waals surface area contributed by atoms with Gasteiger partial charge in [-0.15, -0.1) is 0 Å². The summed E-state index contributed by atoms with van der Waals surface area (Å²) in [5.41, 5.74) is 2.29. The summed E-state index contributed by atoms with van der Waals surface area (Å²) in [6, 6.07) is 7.35. The third-order valence-corrected chi connectivity index (χ3v) is 2.94. The van der Waals surface area contributed by atoms with Crippen LogP contribution in [0.2, 0.25) is 0 Å². The van der Waals surface area contributed by atoms with Crippen LogP contribution < -0.4 is 0 Å². The lowest BCUT2D eigenvalue weighted by Crippen LogP contribution is -2.31. The van der Waals surface area contributed by atoms with Gasteiger partial charge in [-0.2, -0.15) is 5.26 Å². The van der Waals surface area contributed by atoms with Gasteiger partial charge >= 0.3 is 0 Å². The largest absolute Gasteiger partial charge is 0.384 e. The lowest BCUT2D eigenvalue weighted by Gasteiger charge is -2.19. The Bertz CT molecular complexity index is 576. The van der Waals surface area contributed by atoms with E-state index < -0.39 is 0 Å². The van der Waals surface area contributed by atoms with Crippen LogP contribution in [0.5, 0.6) is 0 Å². The molecule has 4 nitrogen and oxygen atoms in total. The Morgan fingerprint density at radius 2 is 2.20 bits per heavy atom. The van der Waals surface area contributed by atoms with E-state index in [4.69, 9.17) is 10.4 Å². The molecule has 4 heteroatoms. The maximum absolute atomic E-state index is 12.3. The summed E-state index contributed by atoms with van der Waals surface area (Å²) < 4.78 is 0. The first-order valence-corrected chi connectivity index (χ1v) is 6.50. The van der Waals surface area contributed by atoms with Crippen molar-refractivity contribution in [2.45, 2.75) is 20.3 Å². The summed E-state index contributed by atoms with van der Waals surface area (Å²) in [4.78, 5) is 13.9. The monoisotopic (exact) mass is 270 g/mol. The third kappa shape index (κ3) is 4.12. The summed E-state index contributed by atoms with van der Waals surface area (Å²) in [5.74, 6) is 5.35. The van der Waals surface area contributed by atoms with E-state index in [0.717, 1.165) is 11.1 Å². The van der Waals surface area contributed by atoms with E-state index in [1.807, 2.05) is 19.9 Å². The molecule has 0 fully saturated rings. The normalized spacial score (nSPS) is 9.30. The van der Waals surface area contributed by atoms with Crippen LogP contribution >= 0.6 is 0 Å².